The smallest absolute Gasteiger partial charge is 0.252 e. The minimum Gasteiger partial charge on any atom is -0.457 e. The SMILES string of the molecule is Nc1ccc(C(=O)NC[C@@H]2CCS[C@H](c3ccc(Oc4ccc(Cl)cc4)cc3)C(=O)N2)cn1. The summed E-state index contributed by atoms with van der Waals surface area (Å²) in [4.78, 5) is 29.1. The number of carbonyl (C=O) groups excluding carboxylic acids is 2. The maximum absolute atomic E-state index is 12.9. The van der Waals surface area contributed by atoms with Crippen LogP contribution in [0.5, 0.6) is 11.5 Å². The van der Waals surface area contributed by atoms with Crippen LogP contribution < -0.4 is 21.1 Å². The Bertz CT molecular complexity index is 1110. The zero-order valence-corrected chi connectivity index (χ0v) is 19.2. The first-order chi connectivity index (χ1) is 16.0. The number of carbonyl (C=O) groups is 2. The number of nitrogen functional groups attached to an aromatic ring is 1. The van der Waals surface area contributed by atoms with Crippen molar-refractivity contribution in [3.63, 3.8) is 0 Å². The molecule has 4 N–H and O–H groups in total. The number of benzene rings is 2. The molecule has 1 aliphatic rings. The van der Waals surface area contributed by atoms with E-state index in [1.165, 1.54) is 6.20 Å². The molecule has 2 amide bonds. The van der Waals surface area contributed by atoms with Crippen molar-refractivity contribution in [2.75, 3.05) is 18.0 Å². The van der Waals surface area contributed by atoms with E-state index in [2.05, 4.69) is 15.6 Å². The van der Waals surface area contributed by atoms with E-state index >= 15 is 0 Å². The van der Waals surface area contributed by atoms with Gasteiger partial charge in [-0.25, -0.2) is 4.98 Å². The maximum atomic E-state index is 12.9. The van der Waals surface area contributed by atoms with Gasteiger partial charge in [0.2, 0.25) is 5.91 Å². The molecular weight excluding hydrogens is 460 g/mol. The molecule has 2 heterocycles. The molecule has 4 rings (SSSR count). The quantitative estimate of drug-likeness (QED) is 0.486. The summed E-state index contributed by atoms with van der Waals surface area (Å²) in [6.45, 7) is 0.343. The molecule has 1 aliphatic heterocycles. The van der Waals surface area contributed by atoms with Gasteiger partial charge >= 0.3 is 0 Å². The number of thioether (sulfide) groups is 1. The third-order valence-electron chi connectivity index (χ3n) is 5.13. The lowest BCUT2D eigenvalue weighted by atomic mass is 10.1. The minimum atomic E-state index is -0.323. The number of halogens is 1. The molecule has 7 nitrogen and oxygen atoms in total. The van der Waals surface area contributed by atoms with Gasteiger partial charge in [-0.3, -0.25) is 9.59 Å². The predicted molar refractivity (Wildman–Crippen MR) is 131 cm³/mol. The van der Waals surface area contributed by atoms with Gasteiger partial charge in [0.25, 0.3) is 5.91 Å². The van der Waals surface area contributed by atoms with E-state index in [0.29, 0.717) is 34.4 Å². The summed E-state index contributed by atoms with van der Waals surface area (Å²) >= 11 is 7.49. The fourth-order valence-corrected chi connectivity index (χ4v) is 4.71. The van der Waals surface area contributed by atoms with Crippen LogP contribution in [0.4, 0.5) is 5.82 Å². The van der Waals surface area contributed by atoms with Crippen LogP contribution in [0.1, 0.15) is 27.6 Å². The summed E-state index contributed by atoms with van der Waals surface area (Å²) in [7, 11) is 0. The highest BCUT2D eigenvalue weighted by molar-refractivity contribution is 8.00. The predicted octanol–water partition coefficient (Wildman–Crippen LogP) is 4.20. The molecule has 0 unspecified atom stereocenters. The van der Waals surface area contributed by atoms with Crippen LogP contribution in [0, 0.1) is 0 Å². The van der Waals surface area contributed by atoms with Crippen LogP contribution in [0.2, 0.25) is 5.02 Å². The van der Waals surface area contributed by atoms with Gasteiger partial charge in [-0.2, -0.15) is 0 Å². The number of ether oxygens (including phenoxy) is 1. The molecule has 9 heteroatoms. The van der Waals surface area contributed by atoms with Crippen LogP contribution in [-0.4, -0.2) is 35.1 Å². The highest BCUT2D eigenvalue weighted by Crippen LogP contribution is 2.33. The molecule has 0 spiro atoms. The third-order valence-corrected chi connectivity index (χ3v) is 6.67. The zero-order valence-electron chi connectivity index (χ0n) is 17.7. The van der Waals surface area contributed by atoms with Crippen molar-refractivity contribution in [3.05, 3.63) is 83.0 Å². The topological polar surface area (TPSA) is 106 Å². The first kappa shape index (κ1) is 22.9. The van der Waals surface area contributed by atoms with Crippen molar-refractivity contribution in [2.45, 2.75) is 17.7 Å². The Morgan fingerprint density at radius 3 is 2.48 bits per heavy atom. The summed E-state index contributed by atoms with van der Waals surface area (Å²) in [6, 6.07) is 17.7. The van der Waals surface area contributed by atoms with E-state index < -0.39 is 0 Å². The zero-order chi connectivity index (χ0) is 23.2. The Balaban J connectivity index is 1.32. The average molecular weight is 483 g/mol. The number of aromatic nitrogens is 1. The number of nitrogens with one attached hydrogen (secondary N) is 2. The second-order valence-corrected chi connectivity index (χ2v) is 9.20. The number of pyridine rings is 1. The summed E-state index contributed by atoms with van der Waals surface area (Å²) in [6.07, 6.45) is 2.19. The summed E-state index contributed by atoms with van der Waals surface area (Å²) in [5.41, 5.74) is 6.88. The van der Waals surface area contributed by atoms with Crippen LogP contribution in [0.15, 0.2) is 66.9 Å². The number of amides is 2. The molecule has 0 bridgehead atoms. The second kappa shape index (κ2) is 10.6. The van der Waals surface area contributed by atoms with Gasteiger partial charge in [0, 0.05) is 23.8 Å². The van der Waals surface area contributed by atoms with E-state index in [4.69, 9.17) is 22.1 Å². The minimum absolute atomic E-state index is 0.0720. The van der Waals surface area contributed by atoms with Crippen molar-refractivity contribution >= 4 is 41.0 Å². The number of anilines is 1. The molecule has 2 aromatic carbocycles. The van der Waals surface area contributed by atoms with Gasteiger partial charge in [0.05, 0.1) is 5.56 Å². The van der Waals surface area contributed by atoms with Gasteiger partial charge < -0.3 is 21.1 Å². The van der Waals surface area contributed by atoms with E-state index in [1.807, 2.05) is 24.3 Å². The summed E-state index contributed by atoms with van der Waals surface area (Å²) in [5, 5.41) is 6.23. The van der Waals surface area contributed by atoms with Crippen LogP contribution >= 0.6 is 23.4 Å². The largest absolute Gasteiger partial charge is 0.457 e. The van der Waals surface area contributed by atoms with E-state index in [1.54, 1.807) is 48.2 Å². The Kier molecular flexibility index (Phi) is 7.36. The first-order valence-electron chi connectivity index (χ1n) is 10.4. The Morgan fingerprint density at radius 1 is 1.12 bits per heavy atom. The Labute approximate surface area is 201 Å². The Morgan fingerprint density at radius 2 is 1.82 bits per heavy atom. The standard InChI is InChI=1S/C24H23ClN4O3S/c25-17-4-8-20(9-5-17)32-19-6-1-15(2-7-19)22-24(31)29-18(11-12-33-22)14-28-23(30)16-3-10-21(26)27-13-16/h1-10,13,18,22H,11-12,14H2,(H2,26,27)(H,28,30)(H,29,31)/t18-,22+/m0/s1. The number of hydrogen-bond acceptors (Lipinski definition) is 6. The lowest BCUT2D eigenvalue weighted by Gasteiger charge is -2.18. The van der Waals surface area contributed by atoms with Crippen LogP contribution in [-0.2, 0) is 4.79 Å². The van der Waals surface area contributed by atoms with Crippen molar-refractivity contribution < 1.29 is 14.3 Å². The van der Waals surface area contributed by atoms with Gasteiger partial charge in [0.1, 0.15) is 22.6 Å². The molecule has 0 radical (unpaired) electrons. The average Bonchev–Trinajstić information content (AvgIpc) is 3.01. The molecule has 0 saturated carbocycles. The molecule has 1 saturated heterocycles. The van der Waals surface area contributed by atoms with Gasteiger partial charge in [-0.05, 0) is 66.3 Å². The highest BCUT2D eigenvalue weighted by Gasteiger charge is 2.27. The van der Waals surface area contributed by atoms with Gasteiger partial charge in [-0.1, -0.05) is 23.7 Å². The fraction of sp³-hybridized carbons (Fsp3) is 0.208. The molecule has 3 aromatic rings. The van der Waals surface area contributed by atoms with Crippen LogP contribution in [0.3, 0.4) is 0 Å². The van der Waals surface area contributed by atoms with E-state index in [-0.39, 0.29) is 23.1 Å². The molecule has 33 heavy (non-hydrogen) atoms. The summed E-state index contributed by atoms with van der Waals surface area (Å²) in [5.74, 6) is 2.19. The lowest BCUT2D eigenvalue weighted by molar-refractivity contribution is -0.121. The first-order valence-corrected chi connectivity index (χ1v) is 11.9. The number of nitrogens with zero attached hydrogens (tertiary/aromatic N) is 1. The molecular formula is C24H23ClN4O3S. The van der Waals surface area contributed by atoms with E-state index in [0.717, 1.165) is 17.7 Å². The normalized spacial score (nSPS) is 18.2. The van der Waals surface area contributed by atoms with Gasteiger partial charge in [0.15, 0.2) is 0 Å². The third kappa shape index (κ3) is 6.18. The summed E-state index contributed by atoms with van der Waals surface area (Å²) < 4.78 is 5.82. The van der Waals surface area contributed by atoms with Gasteiger partial charge in [-0.15, -0.1) is 11.8 Å². The van der Waals surface area contributed by atoms with E-state index in [9.17, 15) is 9.59 Å². The molecule has 1 aromatic heterocycles. The second-order valence-electron chi connectivity index (χ2n) is 7.55. The molecule has 2 atom stereocenters. The Hall–Kier alpha value is -3.23. The monoisotopic (exact) mass is 482 g/mol. The van der Waals surface area contributed by atoms with Crippen molar-refractivity contribution in [3.8, 4) is 11.5 Å². The number of nitrogens with two attached hydrogens (primary N) is 1. The fourth-order valence-electron chi connectivity index (χ4n) is 3.36. The number of rotatable bonds is 6. The lowest BCUT2D eigenvalue weighted by Crippen LogP contribution is -2.43. The van der Waals surface area contributed by atoms with Crippen molar-refractivity contribution in [1.82, 2.24) is 15.6 Å². The molecule has 1 fully saturated rings. The maximum Gasteiger partial charge on any atom is 0.252 e. The van der Waals surface area contributed by atoms with Crippen molar-refractivity contribution in [1.29, 1.82) is 0 Å². The molecule has 0 aliphatic carbocycles. The molecule has 170 valence electrons. The van der Waals surface area contributed by atoms with Crippen molar-refractivity contribution in [2.24, 2.45) is 0 Å². The highest BCUT2D eigenvalue weighted by atomic mass is 35.5. The van der Waals surface area contributed by atoms with Crippen LogP contribution in [0.25, 0.3) is 0 Å². The number of hydrogen-bond donors (Lipinski definition) is 3.